The van der Waals surface area contributed by atoms with Crippen molar-refractivity contribution in [1.82, 2.24) is 9.88 Å². The Labute approximate surface area is 185 Å². The molecule has 2 heterocycles. The van der Waals surface area contributed by atoms with E-state index in [0.29, 0.717) is 17.5 Å². The second-order valence-electron chi connectivity index (χ2n) is 8.97. The van der Waals surface area contributed by atoms with E-state index in [9.17, 15) is 9.18 Å². The van der Waals surface area contributed by atoms with Gasteiger partial charge >= 0.3 is 0 Å². The number of halogens is 2. The fourth-order valence-electron chi connectivity index (χ4n) is 5.44. The Balaban J connectivity index is 1.42. The Bertz CT molecular complexity index is 1140. The van der Waals surface area contributed by atoms with Crippen LogP contribution in [0, 0.1) is 17.7 Å². The number of hydrogen-bond donors (Lipinski definition) is 0. The standard InChI is InChI=1S/C26H22ClFN2O/c27-18-9-5-17(6-10-18)25(16-3-4-16)30-14-21-20(2-1-13-29-21)23-22(24(23)26(30)31)15-7-11-19(28)12-8-15/h1-2,5-13,16,22-25H,3-4,14H2. The first-order valence-corrected chi connectivity index (χ1v) is 11.2. The van der Waals surface area contributed by atoms with E-state index in [1.807, 2.05) is 48.7 Å². The third kappa shape index (κ3) is 3.25. The summed E-state index contributed by atoms with van der Waals surface area (Å²) in [5.74, 6) is 0.460. The Morgan fingerprint density at radius 2 is 1.71 bits per heavy atom. The predicted molar refractivity (Wildman–Crippen MR) is 117 cm³/mol. The number of nitrogens with zero attached hydrogens (tertiary/aromatic N) is 2. The minimum atomic E-state index is -0.254. The van der Waals surface area contributed by atoms with Crippen molar-refractivity contribution in [3.8, 4) is 0 Å². The molecule has 0 N–H and O–H groups in total. The minimum absolute atomic E-state index is 0.0350. The zero-order valence-electron chi connectivity index (χ0n) is 16.9. The molecule has 0 bridgehead atoms. The van der Waals surface area contributed by atoms with Crippen LogP contribution in [0.5, 0.6) is 0 Å². The molecule has 1 aromatic heterocycles. The van der Waals surface area contributed by atoms with Crippen LogP contribution >= 0.6 is 11.6 Å². The van der Waals surface area contributed by atoms with Crippen molar-refractivity contribution in [3.63, 3.8) is 0 Å². The number of hydrogen-bond acceptors (Lipinski definition) is 2. The van der Waals surface area contributed by atoms with Crippen LogP contribution in [0.4, 0.5) is 4.39 Å². The number of carbonyl (C=O) groups excluding carboxylic acids is 1. The van der Waals surface area contributed by atoms with Crippen LogP contribution < -0.4 is 0 Å². The van der Waals surface area contributed by atoms with Crippen molar-refractivity contribution < 1.29 is 9.18 Å². The van der Waals surface area contributed by atoms with Gasteiger partial charge in [-0.05, 0) is 65.8 Å². The Hall–Kier alpha value is -2.72. The topological polar surface area (TPSA) is 33.2 Å². The minimum Gasteiger partial charge on any atom is -0.329 e. The van der Waals surface area contributed by atoms with Crippen molar-refractivity contribution in [2.45, 2.75) is 37.3 Å². The van der Waals surface area contributed by atoms with E-state index in [1.54, 1.807) is 0 Å². The molecule has 3 aromatic rings. The van der Waals surface area contributed by atoms with Gasteiger partial charge in [0.15, 0.2) is 0 Å². The van der Waals surface area contributed by atoms with Crippen molar-refractivity contribution >= 4 is 17.5 Å². The third-order valence-electron chi connectivity index (χ3n) is 7.06. The Morgan fingerprint density at radius 3 is 2.42 bits per heavy atom. The lowest BCUT2D eigenvalue weighted by atomic mass is 9.98. The SMILES string of the molecule is O=C1C2C(c3ccc(F)cc3)C2c2cccnc2CN1C(c1ccc(Cl)cc1)C1CC1. The van der Waals surface area contributed by atoms with Gasteiger partial charge in [0.25, 0.3) is 0 Å². The Morgan fingerprint density at radius 1 is 0.968 bits per heavy atom. The molecule has 3 aliphatic rings. The lowest BCUT2D eigenvalue weighted by Gasteiger charge is -2.32. The van der Waals surface area contributed by atoms with E-state index in [4.69, 9.17) is 11.6 Å². The average molecular weight is 433 g/mol. The van der Waals surface area contributed by atoms with Crippen molar-refractivity contribution in [2.75, 3.05) is 0 Å². The lowest BCUT2D eigenvalue weighted by molar-refractivity contribution is -0.136. The van der Waals surface area contributed by atoms with Gasteiger partial charge in [-0.15, -0.1) is 0 Å². The summed E-state index contributed by atoms with van der Waals surface area (Å²) in [5.41, 5.74) is 4.29. The van der Waals surface area contributed by atoms with Crippen molar-refractivity contribution in [2.24, 2.45) is 11.8 Å². The van der Waals surface area contributed by atoms with Gasteiger partial charge in [-0.2, -0.15) is 0 Å². The molecule has 2 aliphatic carbocycles. The summed E-state index contributed by atoms with van der Waals surface area (Å²) in [5, 5.41) is 0.700. The summed E-state index contributed by atoms with van der Waals surface area (Å²) in [6.45, 7) is 0.530. The van der Waals surface area contributed by atoms with Crippen LogP contribution in [0.15, 0.2) is 66.9 Å². The number of carbonyl (C=O) groups is 1. The third-order valence-corrected chi connectivity index (χ3v) is 7.32. The fourth-order valence-corrected chi connectivity index (χ4v) is 5.56. The van der Waals surface area contributed by atoms with E-state index in [-0.39, 0.29) is 35.5 Å². The van der Waals surface area contributed by atoms with Crippen molar-refractivity contribution in [3.05, 3.63) is 100 Å². The molecule has 5 heteroatoms. The van der Waals surface area contributed by atoms with Gasteiger partial charge in [0.2, 0.25) is 5.91 Å². The summed E-state index contributed by atoms with van der Waals surface area (Å²) in [7, 11) is 0. The maximum Gasteiger partial charge on any atom is 0.227 e. The molecular weight excluding hydrogens is 411 g/mol. The molecule has 6 rings (SSSR count). The van der Waals surface area contributed by atoms with Gasteiger partial charge in [-0.1, -0.05) is 41.9 Å². The number of benzene rings is 2. The molecule has 1 amide bonds. The lowest BCUT2D eigenvalue weighted by Crippen LogP contribution is -2.36. The maximum absolute atomic E-state index is 13.9. The second kappa shape index (κ2) is 7.16. The summed E-state index contributed by atoms with van der Waals surface area (Å²) < 4.78 is 13.5. The van der Waals surface area contributed by atoms with E-state index in [1.165, 1.54) is 12.1 Å². The zero-order valence-corrected chi connectivity index (χ0v) is 17.7. The molecular formula is C26H22ClFN2O. The van der Waals surface area contributed by atoms with E-state index < -0.39 is 0 Å². The quantitative estimate of drug-likeness (QED) is 0.517. The van der Waals surface area contributed by atoms with E-state index in [0.717, 1.165) is 35.2 Å². The second-order valence-corrected chi connectivity index (χ2v) is 9.40. The smallest absolute Gasteiger partial charge is 0.227 e. The molecule has 2 aromatic carbocycles. The highest BCUT2D eigenvalue weighted by molar-refractivity contribution is 6.30. The molecule has 156 valence electrons. The van der Waals surface area contributed by atoms with Crippen LogP contribution in [-0.4, -0.2) is 15.8 Å². The van der Waals surface area contributed by atoms with Gasteiger partial charge in [0.1, 0.15) is 5.82 Å². The van der Waals surface area contributed by atoms with Gasteiger partial charge in [-0.25, -0.2) is 4.39 Å². The van der Waals surface area contributed by atoms with Crippen molar-refractivity contribution in [1.29, 1.82) is 0 Å². The summed E-state index contributed by atoms with van der Waals surface area (Å²) in [6.07, 6.45) is 4.06. The molecule has 2 fully saturated rings. The molecule has 4 atom stereocenters. The highest BCUT2D eigenvalue weighted by atomic mass is 35.5. The molecule has 3 nitrogen and oxygen atoms in total. The number of pyridine rings is 1. The highest BCUT2D eigenvalue weighted by Gasteiger charge is 2.60. The van der Waals surface area contributed by atoms with E-state index in [2.05, 4.69) is 16.0 Å². The normalized spacial score (nSPS) is 25.4. The fraction of sp³-hybridized carbons (Fsp3) is 0.308. The average Bonchev–Trinajstić information content (AvgIpc) is 3.69. The van der Waals surface area contributed by atoms with Crippen LogP contribution in [0.25, 0.3) is 0 Å². The van der Waals surface area contributed by atoms with Crippen LogP contribution in [0.2, 0.25) is 5.02 Å². The first-order chi connectivity index (χ1) is 15.1. The number of aromatic nitrogens is 1. The zero-order chi connectivity index (χ0) is 21.1. The van der Waals surface area contributed by atoms with Gasteiger partial charge in [0, 0.05) is 23.1 Å². The number of rotatable bonds is 4. The largest absolute Gasteiger partial charge is 0.329 e. The van der Waals surface area contributed by atoms with Gasteiger partial charge in [-0.3, -0.25) is 9.78 Å². The summed E-state index contributed by atoms with van der Waals surface area (Å²) in [4.78, 5) is 20.7. The highest BCUT2D eigenvalue weighted by Crippen LogP contribution is 2.64. The molecule has 31 heavy (non-hydrogen) atoms. The van der Waals surface area contributed by atoms with Crippen LogP contribution in [0.1, 0.15) is 53.1 Å². The number of fused-ring (bicyclic) bond motifs is 3. The van der Waals surface area contributed by atoms with Gasteiger partial charge in [0.05, 0.1) is 24.2 Å². The molecule has 0 radical (unpaired) electrons. The number of amides is 1. The van der Waals surface area contributed by atoms with Crippen LogP contribution in [0.3, 0.4) is 0 Å². The first kappa shape index (κ1) is 19.0. The monoisotopic (exact) mass is 432 g/mol. The van der Waals surface area contributed by atoms with Gasteiger partial charge < -0.3 is 4.90 Å². The molecule has 1 aliphatic heterocycles. The predicted octanol–water partition coefficient (Wildman–Crippen LogP) is 5.86. The molecule has 0 spiro atoms. The molecule has 2 saturated carbocycles. The first-order valence-electron chi connectivity index (χ1n) is 10.9. The summed E-state index contributed by atoms with van der Waals surface area (Å²) >= 11 is 6.13. The Kier molecular flexibility index (Phi) is 4.39. The van der Waals surface area contributed by atoms with Crippen LogP contribution in [-0.2, 0) is 11.3 Å². The maximum atomic E-state index is 13.9. The van der Waals surface area contributed by atoms with E-state index >= 15 is 0 Å². The molecule has 0 saturated heterocycles. The molecule has 4 unspecified atom stereocenters. The summed E-state index contributed by atoms with van der Waals surface area (Å²) in [6, 6.07) is 18.6.